The molecule has 4 aromatic heterocycles. The van der Waals surface area contributed by atoms with Crippen LogP contribution in [0.3, 0.4) is 0 Å². The number of hydrogen-bond donors (Lipinski definition) is 3. The zero-order valence-electron chi connectivity index (χ0n) is 33.8. The molecule has 5 amide bonds. The number of hydrogen-bond acceptors (Lipinski definition) is 13. The monoisotopic (exact) mass is 839 g/mol. The van der Waals surface area contributed by atoms with Gasteiger partial charge in [-0.25, -0.2) is 14.8 Å². The molecule has 3 saturated heterocycles. The Labute approximate surface area is 349 Å². The number of imide groups is 1. The molecule has 60 heavy (non-hydrogen) atoms. The van der Waals surface area contributed by atoms with Crippen molar-refractivity contribution >= 4 is 80.4 Å². The molecule has 3 aliphatic rings. The number of ether oxygens (including phenoxy) is 1. The fourth-order valence-corrected chi connectivity index (χ4v) is 8.19. The van der Waals surface area contributed by atoms with Crippen LogP contribution in [0.15, 0.2) is 47.5 Å². The highest BCUT2D eigenvalue weighted by atomic mass is 35.5. The van der Waals surface area contributed by atoms with Crippen LogP contribution < -0.4 is 36.0 Å². The summed E-state index contributed by atoms with van der Waals surface area (Å²) in [5.74, 6) is -0.565. The van der Waals surface area contributed by atoms with E-state index in [0.29, 0.717) is 98.0 Å². The second-order valence-electron chi connectivity index (χ2n) is 15.3. The molecular weight excluding hydrogens is 794 g/mol. The Balaban J connectivity index is 0.896. The molecule has 19 nitrogen and oxygen atoms in total. The molecule has 0 bridgehead atoms. The Kier molecular flexibility index (Phi) is 11.2. The highest BCUT2D eigenvalue weighted by molar-refractivity contribution is 6.33. The molecule has 3 N–H and O–H groups in total. The number of piperidine rings is 1. The summed E-state index contributed by atoms with van der Waals surface area (Å²) in [6.07, 6.45) is 3.83. The van der Waals surface area contributed by atoms with Crippen molar-refractivity contribution in [1.82, 2.24) is 49.7 Å². The van der Waals surface area contributed by atoms with Gasteiger partial charge in [0.2, 0.25) is 17.8 Å². The van der Waals surface area contributed by atoms with E-state index >= 15 is 0 Å². The van der Waals surface area contributed by atoms with Crippen LogP contribution in [0.4, 0.5) is 27.9 Å². The Bertz CT molecular complexity index is 2560. The third kappa shape index (κ3) is 7.83. The molecule has 1 unspecified atom stereocenters. The van der Waals surface area contributed by atoms with Crippen LogP contribution >= 0.6 is 11.6 Å². The van der Waals surface area contributed by atoms with Crippen molar-refractivity contribution in [2.24, 2.45) is 7.05 Å². The smallest absolute Gasteiger partial charge is 0.320 e. The maximum absolute atomic E-state index is 13.7. The second kappa shape index (κ2) is 16.6. The van der Waals surface area contributed by atoms with Gasteiger partial charge in [-0.05, 0) is 38.5 Å². The average molecular weight is 840 g/mol. The molecule has 8 rings (SSSR count). The average Bonchev–Trinajstić information content (AvgIpc) is 3.59. The molecule has 0 saturated carbocycles. The maximum Gasteiger partial charge on any atom is 0.320 e. The minimum atomic E-state index is -0.484. The number of piperazine rings is 2. The van der Waals surface area contributed by atoms with Crippen molar-refractivity contribution in [2.45, 2.75) is 38.6 Å². The molecule has 0 radical (unpaired) electrons. The van der Waals surface area contributed by atoms with Crippen LogP contribution in [0.5, 0.6) is 5.75 Å². The molecule has 20 heteroatoms. The number of carbonyl (C=O) groups excluding carboxylic acids is 4. The lowest BCUT2D eigenvalue weighted by Gasteiger charge is -2.41. The van der Waals surface area contributed by atoms with E-state index in [1.807, 2.05) is 58.5 Å². The molecule has 1 atom stereocenters. The number of benzene rings is 1. The molecule has 0 spiro atoms. The molecule has 1 aromatic carbocycles. The number of pyridine rings is 2. The third-order valence-electron chi connectivity index (χ3n) is 11.2. The summed E-state index contributed by atoms with van der Waals surface area (Å²) < 4.78 is 8.90. The van der Waals surface area contributed by atoms with E-state index in [-0.39, 0.29) is 54.1 Å². The summed E-state index contributed by atoms with van der Waals surface area (Å²) in [5, 5.41) is 14.7. The molecule has 3 aliphatic heterocycles. The number of carbonyl (C=O) groups is 4. The Morgan fingerprint density at radius 1 is 0.967 bits per heavy atom. The first-order chi connectivity index (χ1) is 28.9. The number of rotatable bonds is 9. The van der Waals surface area contributed by atoms with E-state index < -0.39 is 5.92 Å². The Hall–Kier alpha value is -6.50. The Morgan fingerprint density at radius 2 is 1.68 bits per heavy atom. The molecule has 7 heterocycles. The van der Waals surface area contributed by atoms with Crippen molar-refractivity contribution < 1.29 is 23.9 Å². The summed E-state index contributed by atoms with van der Waals surface area (Å²) >= 11 is 6.56. The van der Waals surface area contributed by atoms with Gasteiger partial charge >= 0.3 is 6.03 Å². The zero-order valence-corrected chi connectivity index (χ0v) is 34.5. The van der Waals surface area contributed by atoms with Crippen molar-refractivity contribution in [1.29, 1.82) is 0 Å². The Morgan fingerprint density at radius 3 is 2.37 bits per heavy atom. The van der Waals surface area contributed by atoms with E-state index in [2.05, 4.69) is 30.8 Å². The van der Waals surface area contributed by atoms with Gasteiger partial charge in [0.05, 0.1) is 40.9 Å². The summed E-state index contributed by atoms with van der Waals surface area (Å²) in [5.41, 5.74) is 3.22. The van der Waals surface area contributed by atoms with Gasteiger partial charge in [-0.15, -0.1) is 0 Å². The van der Waals surface area contributed by atoms with Crippen LogP contribution in [0.25, 0.3) is 21.9 Å². The lowest BCUT2D eigenvalue weighted by atomic mass is 9.92. The number of likely N-dealkylation sites (N-methyl/N-ethyl adjacent to an activating group) is 1. The van der Waals surface area contributed by atoms with E-state index in [0.717, 1.165) is 16.6 Å². The summed E-state index contributed by atoms with van der Waals surface area (Å²) in [4.78, 5) is 85.0. The van der Waals surface area contributed by atoms with Crippen molar-refractivity contribution in [2.75, 3.05) is 81.1 Å². The molecule has 3 fully saturated rings. The number of para-hydroxylation sites is 1. The minimum Gasteiger partial charge on any atom is -0.478 e. The van der Waals surface area contributed by atoms with E-state index in [4.69, 9.17) is 26.4 Å². The second-order valence-corrected chi connectivity index (χ2v) is 15.7. The van der Waals surface area contributed by atoms with Gasteiger partial charge in [-0.1, -0.05) is 23.7 Å². The van der Waals surface area contributed by atoms with Crippen LogP contribution in [-0.4, -0.2) is 129 Å². The first-order valence-electron chi connectivity index (χ1n) is 19.9. The summed E-state index contributed by atoms with van der Waals surface area (Å²) in [7, 11) is 3.36. The van der Waals surface area contributed by atoms with Gasteiger partial charge in [0.1, 0.15) is 10.7 Å². The fraction of sp³-hybridized carbons (Fsp3) is 0.425. The maximum atomic E-state index is 13.7. The first-order valence-corrected chi connectivity index (χ1v) is 20.3. The third-order valence-corrected chi connectivity index (χ3v) is 11.4. The predicted molar refractivity (Wildman–Crippen MR) is 225 cm³/mol. The highest BCUT2D eigenvalue weighted by Crippen LogP contribution is 2.35. The van der Waals surface area contributed by atoms with E-state index in [1.54, 1.807) is 18.3 Å². The topological polar surface area (TPSA) is 205 Å². The van der Waals surface area contributed by atoms with Gasteiger partial charge in [0.15, 0.2) is 18.2 Å². The van der Waals surface area contributed by atoms with Gasteiger partial charge in [-0.3, -0.25) is 33.7 Å². The van der Waals surface area contributed by atoms with E-state index in [1.165, 1.54) is 17.8 Å². The molecule has 314 valence electrons. The molecule has 5 aromatic rings. The van der Waals surface area contributed by atoms with Crippen LogP contribution in [0, 0.1) is 0 Å². The number of aryl methyl sites for hydroxylation is 1. The lowest BCUT2D eigenvalue weighted by molar-refractivity contribution is -0.134. The van der Waals surface area contributed by atoms with Crippen LogP contribution in [0.1, 0.15) is 44.3 Å². The van der Waals surface area contributed by atoms with Gasteiger partial charge < -0.3 is 35.0 Å². The standard InChI is InChI=1S/C40H46ClN13O6/c1-23(2)54-36-24(19-30(38(54)58)60-22-32(56)42-3)18-25(20-43-36)45-35-28(41)21-44-39(47-35)51-12-16-53(17-13-51)40(59)52-14-10-50(11-15-52)29-7-5-6-26-33(48-49(4)34(26)29)27-8-9-31(55)46-37(27)57/h5-7,18-21,23,27H,8-17,22H2,1-4H3,(H,42,56)(H,44,45,47)(H,46,55,57). The summed E-state index contributed by atoms with van der Waals surface area (Å²) in [6, 6.07) is 9.11. The number of nitrogens with one attached hydrogen (secondary N) is 3. The van der Waals surface area contributed by atoms with Crippen molar-refractivity contribution in [3.8, 4) is 5.75 Å². The number of urea groups is 1. The molecule has 0 aliphatic carbocycles. The lowest BCUT2D eigenvalue weighted by Crippen LogP contribution is -2.57. The van der Waals surface area contributed by atoms with Crippen molar-refractivity contribution in [3.05, 3.63) is 63.8 Å². The number of nitrogens with zero attached hydrogens (tertiary/aromatic N) is 10. The van der Waals surface area contributed by atoms with Gasteiger partial charge in [0.25, 0.3) is 11.5 Å². The predicted octanol–water partition coefficient (Wildman–Crippen LogP) is 2.76. The minimum absolute atomic E-state index is 0.0126. The van der Waals surface area contributed by atoms with Gasteiger partial charge in [0, 0.05) is 89.7 Å². The number of fused-ring (bicyclic) bond motifs is 2. The number of anilines is 4. The SMILES string of the molecule is CNC(=O)COc1cc2cc(Nc3nc(N4CCN(C(=O)N5CCN(c6cccc7c(C8CCC(=O)NC8=O)nn(C)c67)CC5)CC4)ncc3Cl)cnc2n(C(C)C)c1=O. The fourth-order valence-electron chi connectivity index (χ4n) is 8.05. The van der Waals surface area contributed by atoms with E-state index in [9.17, 15) is 24.0 Å². The number of halogens is 1. The van der Waals surface area contributed by atoms with Crippen LogP contribution in [0.2, 0.25) is 5.02 Å². The van der Waals surface area contributed by atoms with Crippen molar-refractivity contribution in [3.63, 3.8) is 0 Å². The highest BCUT2D eigenvalue weighted by Gasteiger charge is 2.34. The number of amides is 5. The number of aromatic nitrogens is 6. The van der Waals surface area contributed by atoms with Gasteiger partial charge in [-0.2, -0.15) is 10.1 Å². The quantitative estimate of drug-likeness (QED) is 0.183. The summed E-state index contributed by atoms with van der Waals surface area (Å²) in [6.45, 7) is 7.81. The normalized spacial score (nSPS) is 17.4. The first kappa shape index (κ1) is 40.3. The largest absolute Gasteiger partial charge is 0.478 e. The zero-order chi connectivity index (χ0) is 42.2. The van der Waals surface area contributed by atoms with Crippen LogP contribution in [-0.2, 0) is 21.4 Å². The molecular formula is C40H46ClN13O6.